The number of nitro groups is 1. The van der Waals surface area contributed by atoms with Gasteiger partial charge in [-0.25, -0.2) is 4.98 Å². The molecule has 0 aromatic carbocycles. The van der Waals surface area contributed by atoms with Gasteiger partial charge in [0, 0.05) is 32.9 Å². The summed E-state index contributed by atoms with van der Waals surface area (Å²) in [5.74, 6) is -0.705. The summed E-state index contributed by atoms with van der Waals surface area (Å²) in [7, 11) is 1.50. The molecule has 1 unspecified atom stereocenters. The maximum atomic E-state index is 12.0. The molecule has 0 spiro atoms. The van der Waals surface area contributed by atoms with Crippen molar-refractivity contribution >= 4 is 23.2 Å². The van der Waals surface area contributed by atoms with Crippen molar-refractivity contribution in [2.75, 3.05) is 20.3 Å². The van der Waals surface area contributed by atoms with E-state index in [2.05, 4.69) is 10.3 Å². The average molecular weight is 318 g/mol. The van der Waals surface area contributed by atoms with Crippen LogP contribution in [0.25, 0.3) is 0 Å². The Labute approximate surface area is 126 Å². The molecule has 116 valence electrons. The fourth-order valence-corrected chi connectivity index (χ4v) is 1.79. The predicted molar refractivity (Wildman–Crippen MR) is 75.4 cm³/mol. The third-order valence-corrected chi connectivity index (χ3v) is 3.06. The number of aliphatic hydroxyl groups is 1. The molecule has 0 fully saturated rings. The van der Waals surface area contributed by atoms with Crippen LogP contribution in [0, 0.1) is 10.1 Å². The number of ether oxygens (including phenoxy) is 1. The number of hydrogen-bond donors (Lipinski definition) is 2. The number of nitrogens with one attached hydrogen (secondary N) is 1. The number of rotatable bonds is 7. The normalized spacial score (nSPS) is 13.5. The van der Waals surface area contributed by atoms with Crippen molar-refractivity contribution < 1.29 is 19.6 Å². The van der Waals surface area contributed by atoms with E-state index in [0.717, 1.165) is 0 Å². The first-order chi connectivity index (χ1) is 9.78. The van der Waals surface area contributed by atoms with Crippen LogP contribution >= 0.6 is 11.6 Å². The lowest BCUT2D eigenvalue weighted by Crippen LogP contribution is -2.41. The molecule has 0 bridgehead atoms. The van der Waals surface area contributed by atoms with Gasteiger partial charge in [-0.05, 0) is 13.0 Å². The fourth-order valence-electron chi connectivity index (χ4n) is 1.56. The number of nitrogens with zero attached hydrogens (tertiary/aromatic N) is 2. The van der Waals surface area contributed by atoms with Crippen LogP contribution in [-0.4, -0.2) is 46.8 Å². The first kappa shape index (κ1) is 17.3. The van der Waals surface area contributed by atoms with Crippen LogP contribution in [0.5, 0.6) is 0 Å². The summed E-state index contributed by atoms with van der Waals surface area (Å²) in [6.07, 6.45) is 1.51. The number of carbonyl (C=O) groups is 1. The standard InChI is InChI=1S/C12H16ClN3O5/c1-12(18,4-6-21-2)7-15-11(17)8-3-5-14-10(13)9(8)16(19)20/h3,5,18H,4,6-7H2,1-2H3,(H,15,17). The molecule has 1 amide bonds. The maximum absolute atomic E-state index is 12.0. The second-order valence-electron chi connectivity index (χ2n) is 4.68. The minimum Gasteiger partial charge on any atom is -0.388 e. The molecule has 0 aliphatic rings. The zero-order valence-corrected chi connectivity index (χ0v) is 12.4. The van der Waals surface area contributed by atoms with Gasteiger partial charge in [-0.3, -0.25) is 14.9 Å². The van der Waals surface area contributed by atoms with Crippen LogP contribution in [-0.2, 0) is 4.74 Å². The fraction of sp³-hybridized carbons (Fsp3) is 0.500. The lowest BCUT2D eigenvalue weighted by Gasteiger charge is -2.23. The quantitative estimate of drug-likeness (QED) is 0.443. The van der Waals surface area contributed by atoms with Crippen molar-refractivity contribution in [2.24, 2.45) is 0 Å². The second-order valence-corrected chi connectivity index (χ2v) is 5.04. The number of carbonyl (C=O) groups excluding carboxylic acids is 1. The van der Waals surface area contributed by atoms with Gasteiger partial charge in [0.15, 0.2) is 0 Å². The van der Waals surface area contributed by atoms with Crippen LogP contribution in [0.1, 0.15) is 23.7 Å². The van der Waals surface area contributed by atoms with Crippen molar-refractivity contribution in [3.8, 4) is 0 Å². The number of aromatic nitrogens is 1. The third-order valence-electron chi connectivity index (χ3n) is 2.78. The largest absolute Gasteiger partial charge is 0.388 e. The number of pyridine rings is 1. The molecule has 0 saturated heterocycles. The summed E-state index contributed by atoms with van der Waals surface area (Å²) in [4.78, 5) is 25.7. The molecule has 2 N–H and O–H groups in total. The second kappa shape index (κ2) is 7.30. The Morgan fingerprint density at radius 2 is 2.33 bits per heavy atom. The Morgan fingerprint density at radius 1 is 1.67 bits per heavy atom. The van der Waals surface area contributed by atoms with Gasteiger partial charge in [0.1, 0.15) is 5.56 Å². The number of hydrogen-bond acceptors (Lipinski definition) is 6. The van der Waals surface area contributed by atoms with Gasteiger partial charge in [-0.2, -0.15) is 0 Å². The minimum absolute atomic E-state index is 0.0771. The zero-order chi connectivity index (χ0) is 16.0. The molecule has 0 aliphatic carbocycles. The van der Waals surface area contributed by atoms with E-state index in [0.29, 0.717) is 13.0 Å². The van der Waals surface area contributed by atoms with Crippen LogP contribution in [0.15, 0.2) is 12.3 Å². The highest BCUT2D eigenvalue weighted by molar-refractivity contribution is 6.32. The van der Waals surface area contributed by atoms with E-state index in [1.54, 1.807) is 0 Å². The van der Waals surface area contributed by atoms with Crippen molar-refractivity contribution in [1.29, 1.82) is 0 Å². The summed E-state index contributed by atoms with van der Waals surface area (Å²) >= 11 is 5.63. The van der Waals surface area contributed by atoms with Crippen molar-refractivity contribution in [3.63, 3.8) is 0 Å². The molecule has 0 aliphatic heterocycles. The number of halogens is 1. The molecule has 1 atom stereocenters. The van der Waals surface area contributed by atoms with E-state index in [9.17, 15) is 20.0 Å². The lowest BCUT2D eigenvalue weighted by atomic mass is 10.0. The predicted octanol–water partition coefficient (Wildman–Crippen LogP) is 1.16. The summed E-state index contributed by atoms with van der Waals surface area (Å²) < 4.78 is 4.85. The zero-order valence-electron chi connectivity index (χ0n) is 11.6. The van der Waals surface area contributed by atoms with E-state index >= 15 is 0 Å². The average Bonchev–Trinajstić information content (AvgIpc) is 2.42. The van der Waals surface area contributed by atoms with Gasteiger partial charge in [0.2, 0.25) is 5.15 Å². The molecule has 0 saturated carbocycles. The highest BCUT2D eigenvalue weighted by Gasteiger charge is 2.27. The van der Waals surface area contributed by atoms with E-state index < -0.39 is 22.1 Å². The minimum atomic E-state index is -1.18. The van der Waals surface area contributed by atoms with Crippen LogP contribution < -0.4 is 5.32 Å². The van der Waals surface area contributed by atoms with Gasteiger partial charge in [-0.15, -0.1) is 0 Å². The Bertz CT molecular complexity index is 536. The summed E-state index contributed by atoms with van der Waals surface area (Å²) in [6.45, 7) is 1.77. The molecule has 1 aromatic heterocycles. The summed E-state index contributed by atoms with van der Waals surface area (Å²) in [6, 6.07) is 1.20. The third kappa shape index (κ3) is 4.92. The highest BCUT2D eigenvalue weighted by atomic mass is 35.5. The summed E-state index contributed by atoms with van der Waals surface area (Å²) in [5, 5.41) is 23.0. The van der Waals surface area contributed by atoms with Crippen molar-refractivity contribution in [3.05, 3.63) is 33.1 Å². The Kier molecular flexibility index (Phi) is 6.01. The Morgan fingerprint density at radius 3 is 2.90 bits per heavy atom. The van der Waals surface area contributed by atoms with E-state index in [-0.39, 0.29) is 17.3 Å². The monoisotopic (exact) mass is 317 g/mol. The highest BCUT2D eigenvalue weighted by Crippen LogP contribution is 2.25. The van der Waals surface area contributed by atoms with Gasteiger partial charge < -0.3 is 15.2 Å². The molecule has 9 heteroatoms. The number of amides is 1. The molecule has 1 aromatic rings. The first-order valence-corrected chi connectivity index (χ1v) is 6.44. The molecular formula is C12H16ClN3O5. The topological polar surface area (TPSA) is 115 Å². The molecule has 21 heavy (non-hydrogen) atoms. The molecule has 8 nitrogen and oxygen atoms in total. The maximum Gasteiger partial charge on any atom is 0.319 e. The molecule has 1 rings (SSSR count). The Balaban J connectivity index is 2.82. The Hall–Kier alpha value is -1.77. The smallest absolute Gasteiger partial charge is 0.319 e. The van der Waals surface area contributed by atoms with Gasteiger partial charge >= 0.3 is 5.69 Å². The van der Waals surface area contributed by atoms with Crippen LogP contribution in [0.2, 0.25) is 5.15 Å². The molecule has 0 radical (unpaired) electrons. The van der Waals surface area contributed by atoms with E-state index in [1.165, 1.54) is 26.3 Å². The summed E-state index contributed by atoms with van der Waals surface area (Å²) in [5.41, 5.74) is -1.95. The van der Waals surface area contributed by atoms with E-state index in [1.807, 2.05) is 0 Å². The molecular weight excluding hydrogens is 302 g/mol. The van der Waals surface area contributed by atoms with Gasteiger partial charge in [-0.1, -0.05) is 11.6 Å². The lowest BCUT2D eigenvalue weighted by molar-refractivity contribution is -0.385. The van der Waals surface area contributed by atoms with E-state index in [4.69, 9.17) is 16.3 Å². The van der Waals surface area contributed by atoms with Crippen molar-refractivity contribution in [2.45, 2.75) is 18.9 Å². The SMILES string of the molecule is COCCC(C)(O)CNC(=O)c1ccnc(Cl)c1[N+](=O)[O-]. The number of methoxy groups -OCH3 is 1. The molecule has 1 heterocycles. The van der Waals surface area contributed by atoms with Crippen LogP contribution in [0.3, 0.4) is 0 Å². The van der Waals surface area contributed by atoms with Crippen LogP contribution in [0.4, 0.5) is 5.69 Å². The van der Waals surface area contributed by atoms with Gasteiger partial charge in [0.05, 0.1) is 10.5 Å². The van der Waals surface area contributed by atoms with Crippen molar-refractivity contribution in [1.82, 2.24) is 10.3 Å². The first-order valence-electron chi connectivity index (χ1n) is 6.07. The van der Waals surface area contributed by atoms with Gasteiger partial charge in [0.25, 0.3) is 5.91 Å².